The maximum atomic E-state index is 13.0. The van der Waals surface area contributed by atoms with E-state index < -0.39 is 0 Å². The summed E-state index contributed by atoms with van der Waals surface area (Å²) in [5.41, 5.74) is 1.75. The molecular weight excluding hydrogens is 336 g/mol. The summed E-state index contributed by atoms with van der Waals surface area (Å²) in [6, 6.07) is 3.91. The molecule has 0 atom stereocenters. The van der Waals surface area contributed by atoms with Crippen LogP contribution in [-0.2, 0) is 13.5 Å². The third kappa shape index (κ3) is 3.32. The van der Waals surface area contributed by atoms with Crippen molar-refractivity contribution < 1.29 is 4.79 Å². The van der Waals surface area contributed by atoms with Crippen LogP contribution in [0, 0.1) is 6.92 Å². The number of pyridine rings is 1. The highest BCUT2D eigenvalue weighted by atomic mass is 32.1. The van der Waals surface area contributed by atoms with Gasteiger partial charge < -0.3 is 9.47 Å². The van der Waals surface area contributed by atoms with Gasteiger partial charge in [-0.15, -0.1) is 11.3 Å². The van der Waals surface area contributed by atoms with Crippen molar-refractivity contribution in [2.75, 3.05) is 13.1 Å². The Bertz CT molecular complexity index is 962. The first-order valence-electron chi connectivity index (χ1n) is 8.15. The number of hydrogen-bond donors (Lipinski definition) is 0. The van der Waals surface area contributed by atoms with Crippen LogP contribution in [0.3, 0.4) is 0 Å². The van der Waals surface area contributed by atoms with Gasteiger partial charge in [0.05, 0.1) is 16.6 Å². The van der Waals surface area contributed by atoms with Crippen molar-refractivity contribution >= 4 is 27.5 Å². The Morgan fingerprint density at radius 1 is 1.32 bits per heavy atom. The number of hydrogen-bond acceptors (Lipinski definition) is 5. The minimum absolute atomic E-state index is 0.0425. The van der Waals surface area contributed by atoms with E-state index in [-0.39, 0.29) is 11.5 Å². The monoisotopic (exact) mass is 356 g/mol. The third-order valence-corrected chi connectivity index (χ3v) is 5.48. The van der Waals surface area contributed by atoms with E-state index in [9.17, 15) is 9.59 Å². The van der Waals surface area contributed by atoms with Gasteiger partial charge in [-0.25, -0.2) is 4.98 Å². The Morgan fingerprint density at radius 2 is 2.04 bits per heavy atom. The zero-order valence-electron chi connectivity index (χ0n) is 14.5. The van der Waals surface area contributed by atoms with Crippen LogP contribution in [0.4, 0.5) is 0 Å². The van der Waals surface area contributed by atoms with Gasteiger partial charge in [-0.05, 0) is 43.5 Å². The van der Waals surface area contributed by atoms with E-state index in [1.165, 1.54) is 22.2 Å². The van der Waals surface area contributed by atoms with Crippen molar-refractivity contribution in [2.45, 2.75) is 20.3 Å². The van der Waals surface area contributed by atoms with Gasteiger partial charge in [0.2, 0.25) is 0 Å². The van der Waals surface area contributed by atoms with Crippen LogP contribution in [0.1, 0.15) is 27.7 Å². The number of amides is 1. The molecule has 0 spiro atoms. The molecule has 0 fully saturated rings. The number of likely N-dealkylation sites (N-methyl/N-ethyl adjacent to an activating group) is 1. The zero-order chi connectivity index (χ0) is 18.0. The molecule has 0 aliphatic heterocycles. The lowest BCUT2D eigenvalue weighted by Gasteiger charge is -2.20. The summed E-state index contributed by atoms with van der Waals surface area (Å²) in [5, 5.41) is 0.545. The third-order valence-electron chi connectivity index (χ3n) is 4.29. The second-order valence-electron chi connectivity index (χ2n) is 5.89. The number of carbonyl (C=O) groups excluding carboxylic acids is 1. The Balaban J connectivity index is 1.88. The summed E-state index contributed by atoms with van der Waals surface area (Å²) in [7, 11) is 1.67. The Labute approximate surface area is 149 Å². The van der Waals surface area contributed by atoms with Crippen LogP contribution in [-0.4, -0.2) is 38.4 Å². The molecular formula is C18H20N4O2S. The molecule has 3 aromatic rings. The van der Waals surface area contributed by atoms with Gasteiger partial charge in [-0.2, -0.15) is 0 Å². The highest BCUT2D eigenvalue weighted by molar-refractivity contribution is 7.20. The number of fused-ring (bicyclic) bond motifs is 1. The van der Waals surface area contributed by atoms with E-state index in [1.54, 1.807) is 19.4 Å². The molecule has 0 bridgehead atoms. The van der Waals surface area contributed by atoms with Crippen molar-refractivity contribution in [3.63, 3.8) is 0 Å². The second kappa shape index (κ2) is 7.14. The average molecular weight is 356 g/mol. The van der Waals surface area contributed by atoms with Crippen LogP contribution in [0.5, 0.6) is 0 Å². The molecule has 0 aliphatic carbocycles. The molecule has 0 N–H and O–H groups in total. The van der Waals surface area contributed by atoms with Gasteiger partial charge in [0.25, 0.3) is 11.5 Å². The van der Waals surface area contributed by atoms with Crippen molar-refractivity contribution in [3.05, 3.63) is 57.2 Å². The van der Waals surface area contributed by atoms with Crippen LogP contribution in [0.2, 0.25) is 0 Å². The smallest absolute Gasteiger partial charge is 0.264 e. The first-order chi connectivity index (χ1) is 12.0. The second-order valence-corrected chi connectivity index (χ2v) is 6.89. The first kappa shape index (κ1) is 17.3. The van der Waals surface area contributed by atoms with E-state index >= 15 is 0 Å². The molecule has 0 aromatic carbocycles. The highest BCUT2D eigenvalue weighted by Crippen LogP contribution is 2.28. The largest absolute Gasteiger partial charge is 0.338 e. The van der Waals surface area contributed by atoms with E-state index in [1.807, 2.05) is 30.9 Å². The Kier molecular flexibility index (Phi) is 4.94. The number of aryl methyl sites for hydroxylation is 2. The van der Waals surface area contributed by atoms with Gasteiger partial charge in [-0.1, -0.05) is 0 Å². The molecule has 0 saturated heterocycles. The fourth-order valence-electron chi connectivity index (χ4n) is 2.77. The number of aromatic nitrogens is 3. The summed E-state index contributed by atoms with van der Waals surface area (Å²) in [6.45, 7) is 5.03. The maximum absolute atomic E-state index is 13.0. The average Bonchev–Trinajstić information content (AvgIpc) is 2.97. The minimum Gasteiger partial charge on any atom is -0.338 e. The predicted octanol–water partition coefficient (Wildman–Crippen LogP) is 2.40. The van der Waals surface area contributed by atoms with Crippen LogP contribution >= 0.6 is 11.3 Å². The van der Waals surface area contributed by atoms with Gasteiger partial charge in [-0.3, -0.25) is 14.6 Å². The highest BCUT2D eigenvalue weighted by Gasteiger charge is 2.22. The molecule has 130 valence electrons. The molecule has 3 aromatic heterocycles. The first-order valence-corrected chi connectivity index (χ1v) is 8.97. The minimum atomic E-state index is -0.113. The van der Waals surface area contributed by atoms with Crippen molar-refractivity contribution in [1.29, 1.82) is 0 Å². The van der Waals surface area contributed by atoms with E-state index in [2.05, 4.69) is 9.97 Å². The molecule has 1 amide bonds. The molecule has 0 radical (unpaired) electrons. The van der Waals surface area contributed by atoms with Crippen molar-refractivity contribution in [1.82, 2.24) is 19.4 Å². The molecule has 25 heavy (non-hydrogen) atoms. The van der Waals surface area contributed by atoms with E-state index in [0.717, 1.165) is 17.5 Å². The summed E-state index contributed by atoms with van der Waals surface area (Å²) in [5.74, 6) is -0.0425. The number of carbonyl (C=O) groups is 1. The van der Waals surface area contributed by atoms with Gasteiger partial charge in [0.15, 0.2) is 0 Å². The summed E-state index contributed by atoms with van der Waals surface area (Å²) >= 11 is 1.29. The Hall–Kier alpha value is -2.54. The Morgan fingerprint density at radius 3 is 2.72 bits per heavy atom. The van der Waals surface area contributed by atoms with E-state index in [0.29, 0.717) is 28.2 Å². The fourth-order valence-corrected chi connectivity index (χ4v) is 3.88. The topological polar surface area (TPSA) is 68.1 Å². The number of thiophene rings is 1. The zero-order valence-corrected chi connectivity index (χ0v) is 15.3. The summed E-state index contributed by atoms with van der Waals surface area (Å²) < 4.78 is 1.44. The molecule has 7 heteroatoms. The van der Waals surface area contributed by atoms with Gasteiger partial charge in [0.1, 0.15) is 4.83 Å². The molecule has 0 unspecified atom stereocenters. The van der Waals surface area contributed by atoms with Crippen molar-refractivity contribution in [3.8, 4) is 0 Å². The van der Waals surface area contributed by atoms with Crippen molar-refractivity contribution in [2.24, 2.45) is 7.05 Å². The number of rotatable bonds is 5. The fraction of sp³-hybridized carbons (Fsp3) is 0.333. The van der Waals surface area contributed by atoms with Gasteiger partial charge in [0, 0.05) is 32.5 Å². The van der Waals surface area contributed by atoms with Gasteiger partial charge >= 0.3 is 0 Å². The van der Waals surface area contributed by atoms with E-state index in [4.69, 9.17) is 0 Å². The molecule has 6 nitrogen and oxygen atoms in total. The van der Waals surface area contributed by atoms with Crippen LogP contribution < -0.4 is 5.56 Å². The number of nitrogens with zero attached hydrogens (tertiary/aromatic N) is 4. The standard InChI is InChI=1S/C18H20N4O2S/c1-4-22(10-7-13-5-8-19-9-6-13)18(24)15-12(2)14-16(25-15)20-11-21(3)17(14)23/h5-6,8-9,11H,4,7,10H2,1-3H3. The SMILES string of the molecule is CCN(CCc1ccncc1)C(=O)c1sc2ncn(C)c(=O)c2c1C. The summed E-state index contributed by atoms with van der Waals surface area (Å²) in [6.07, 6.45) is 5.78. The van der Waals surface area contributed by atoms with Crippen LogP contribution in [0.15, 0.2) is 35.6 Å². The predicted molar refractivity (Wildman–Crippen MR) is 99.1 cm³/mol. The lowest BCUT2D eigenvalue weighted by Crippen LogP contribution is -2.32. The lowest BCUT2D eigenvalue weighted by atomic mass is 10.1. The summed E-state index contributed by atoms with van der Waals surface area (Å²) in [4.78, 5) is 36.6. The quantitative estimate of drug-likeness (QED) is 0.704. The molecule has 0 saturated carbocycles. The van der Waals surface area contributed by atoms with Crippen LogP contribution in [0.25, 0.3) is 10.2 Å². The lowest BCUT2D eigenvalue weighted by molar-refractivity contribution is 0.0770. The molecule has 3 rings (SSSR count). The molecule has 0 aliphatic rings. The normalized spacial score (nSPS) is 11.0. The maximum Gasteiger partial charge on any atom is 0.264 e. The molecule has 3 heterocycles.